The summed E-state index contributed by atoms with van der Waals surface area (Å²) >= 11 is 3.99. The van der Waals surface area contributed by atoms with Crippen molar-refractivity contribution in [2.45, 2.75) is 43.4 Å². The Hall–Kier alpha value is -3.36. The third-order valence-corrected chi connectivity index (χ3v) is 4.99. The lowest BCUT2D eigenvalue weighted by atomic mass is 10.0. The maximum absolute atomic E-state index is 12.9. The van der Waals surface area contributed by atoms with Gasteiger partial charge in [0.2, 0.25) is 17.7 Å². The van der Waals surface area contributed by atoms with Gasteiger partial charge in [-0.15, -0.1) is 0 Å². The summed E-state index contributed by atoms with van der Waals surface area (Å²) in [5.74, 6) is -5.41. The van der Waals surface area contributed by atoms with E-state index in [1.54, 1.807) is 0 Å². The molecule has 0 radical (unpaired) electrons. The number of benzene rings is 1. The Kier molecular flexibility index (Phi) is 11.8. The molecule has 0 heterocycles. The van der Waals surface area contributed by atoms with Gasteiger partial charge in [-0.1, -0.05) is 12.1 Å². The van der Waals surface area contributed by atoms with Gasteiger partial charge in [-0.25, -0.2) is 4.79 Å². The molecule has 1 aromatic carbocycles. The number of hydrogen-bond donors (Lipinski definition) is 9. The first-order chi connectivity index (χ1) is 16.0. The first-order valence-corrected chi connectivity index (χ1v) is 10.7. The monoisotopic (exact) mass is 500 g/mol. The number of carboxylic acids is 2. The normalized spacial score (nSPS) is 14.2. The number of aliphatic carboxylic acids is 2. The average Bonchev–Trinajstić information content (AvgIpc) is 2.79. The molecule has 1 rings (SSSR count). The summed E-state index contributed by atoms with van der Waals surface area (Å²) in [6.07, 6.45) is -0.603. The highest BCUT2D eigenvalue weighted by atomic mass is 32.1. The Bertz CT molecular complexity index is 881. The average molecular weight is 501 g/mol. The molecule has 0 aliphatic rings. The van der Waals surface area contributed by atoms with Crippen molar-refractivity contribution in [3.05, 3.63) is 29.8 Å². The van der Waals surface area contributed by atoms with E-state index < -0.39 is 60.4 Å². The molecule has 0 fully saturated rings. The molecule has 13 nitrogen and oxygen atoms in total. The molecule has 188 valence electrons. The van der Waals surface area contributed by atoms with Gasteiger partial charge in [0.25, 0.3) is 0 Å². The van der Waals surface area contributed by atoms with Crippen molar-refractivity contribution in [1.29, 1.82) is 0 Å². The van der Waals surface area contributed by atoms with Crippen molar-refractivity contribution < 1.29 is 44.4 Å². The lowest BCUT2D eigenvalue weighted by Crippen LogP contribution is -2.58. The molecule has 3 amide bonds. The van der Waals surface area contributed by atoms with Crippen LogP contribution < -0.4 is 21.7 Å². The fourth-order valence-corrected chi connectivity index (χ4v) is 2.95. The summed E-state index contributed by atoms with van der Waals surface area (Å²) in [7, 11) is 0. The number of phenols is 1. The number of nitrogens with one attached hydrogen (secondary N) is 3. The van der Waals surface area contributed by atoms with Crippen LogP contribution in [0.5, 0.6) is 5.75 Å². The number of nitrogens with two attached hydrogens (primary N) is 1. The van der Waals surface area contributed by atoms with Gasteiger partial charge in [0.05, 0.1) is 12.6 Å². The van der Waals surface area contributed by atoms with E-state index in [0.717, 1.165) is 0 Å². The smallest absolute Gasteiger partial charge is 0.328 e. The van der Waals surface area contributed by atoms with Crippen LogP contribution in [-0.2, 0) is 30.4 Å². The highest BCUT2D eigenvalue weighted by Crippen LogP contribution is 2.12. The minimum atomic E-state index is -1.59. The molecule has 0 spiro atoms. The van der Waals surface area contributed by atoms with Crippen LogP contribution in [-0.4, -0.2) is 86.6 Å². The number of phenolic OH excluding ortho intramolecular Hbond substituents is 1. The molecule has 34 heavy (non-hydrogen) atoms. The van der Waals surface area contributed by atoms with Crippen molar-refractivity contribution >= 4 is 42.3 Å². The van der Waals surface area contributed by atoms with E-state index in [1.807, 2.05) is 0 Å². The summed E-state index contributed by atoms with van der Waals surface area (Å²) in [5.41, 5.74) is 6.24. The maximum Gasteiger partial charge on any atom is 0.328 e. The number of carbonyl (C=O) groups is 5. The summed E-state index contributed by atoms with van der Waals surface area (Å²) in [6, 6.07) is 0.398. The summed E-state index contributed by atoms with van der Waals surface area (Å²) in [4.78, 5) is 59.4. The number of carbonyl (C=O) groups excluding carboxylic acids is 3. The van der Waals surface area contributed by atoms with Gasteiger partial charge in [0.15, 0.2) is 0 Å². The van der Waals surface area contributed by atoms with E-state index in [-0.39, 0.29) is 30.8 Å². The third-order valence-electron chi connectivity index (χ3n) is 4.63. The van der Waals surface area contributed by atoms with Crippen LogP contribution in [0.15, 0.2) is 24.3 Å². The van der Waals surface area contributed by atoms with Gasteiger partial charge in [0, 0.05) is 18.6 Å². The molecule has 0 aliphatic heterocycles. The number of carboxylic acid groups (broad SMARTS) is 2. The number of amides is 3. The van der Waals surface area contributed by atoms with Crippen LogP contribution in [0.1, 0.15) is 18.4 Å². The van der Waals surface area contributed by atoms with Gasteiger partial charge >= 0.3 is 11.9 Å². The largest absolute Gasteiger partial charge is 0.508 e. The van der Waals surface area contributed by atoms with E-state index in [9.17, 15) is 29.1 Å². The molecule has 0 bridgehead atoms. The topological polar surface area (TPSA) is 228 Å². The number of aliphatic hydroxyl groups excluding tert-OH is 1. The molecular weight excluding hydrogens is 472 g/mol. The Morgan fingerprint density at radius 1 is 0.882 bits per heavy atom. The van der Waals surface area contributed by atoms with Crippen molar-refractivity contribution in [3.8, 4) is 5.75 Å². The Labute approximate surface area is 200 Å². The predicted octanol–water partition coefficient (Wildman–Crippen LogP) is -2.41. The zero-order valence-electron chi connectivity index (χ0n) is 18.0. The molecule has 4 atom stereocenters. The highest BCUT2D eigenvalue weighted by Gasteiger charge is 2.29. The highest BCUT2D eigenvalue weighted by molar-refractivity contribution is 7.80. The second-order valence-corrected chi connectivity index (χ2v) is 7.66. The fraction of sp³-hybridized carbons (Fsp3) is 0.450. The van der Waals surface area contributed by atoms with Crippen molar-refractivity contribution in [3.63, 3.8) is 0 Å². The quantitative estimate of drug-likeness (QED) is 0.123. The summed E-state index contributed by atoms with van der Waals surface area (Å²) < 4.78 is 0. The summed E-state index contributed by atoms with van der Waals surface area (Å²) in [6.45, 7) is -0.873. The van der Waals surface area contributed by atoms with Crippen LogP contribution in [0.25, 0.3) is 0 Å². The van der Waals surface area contributed by atoms with E-state index in [1.165, 1.54) is 24.3 Å². The molecule has 0 saturated carbocycles. The Morgan fingerprint density at radius 3 is 1.91 bits per heavy atom. The van der Waals surface area contributed by atoms with Crippen molar-refractivity contribution in [2.24, 2.45) is 5.73 Å². The molecular formula is C20H28N4O9S. The van der Waals surface area contributed by atoms with Crippen LogP contribution in [0.3, 0.4) is 0 Å². The number of thiol groups is 1. The second-order valence-electron chi connectivity index (χ2n) is 7.30. The van der Waals surface area contributed by atoms with Gasteiger partial charge in [-0.05, 0) is 24.1 Å². The van der Waals surface area contributed by atoms with Crippen molar-refractivity contribution in [1.82, 2.24) is 16.0 Å². The number of aliphatic hydroxyl groups is 1. The molecule has 9 N–H and O–H groups in total. The summed E-state index contributed by atoms with van der Waals surface area (Å²) in [5, 5.41) is 43.1. The van der Waals surface area contributed by atoms with Crippen LogP contribution >= 0.6 is 12.6 Å². The predicted molar refractivity (Wildman–Crippen MR) is 121 cm³/mol. The number of hydrogen-bond acceptors (Lipinski definition) is 9. The lowest BCUT2D eigenvalue weighted by molar-refractivity contribution is -0.143. The minimum Gasteiger partial charge on any atom is -0.508 e. The first kappa shape index (κ1) is 28.7. The Morgan fingerprint density at radius 2 is 1.41 bits per heavy atom. The lowest BCUT2D eigenvalue weighted by Gasteiger charge is -2.24. The Balaban J connectivity index is 2.99. The van der Waals surface area contributed by atoms with E-state index in [0.29, 0.717) is 5.56 Å². The molecule has 0 saturated heterocycles. The SMILES string of the molecule is NC(CCC(=O)O)C(=O)NC(Cc1ccc(O)cc1)C(=O)NC(CS)C(=O)NC(CO)C(=O)O. The number of aromatic hydroxyl groups is 1. The zero-order valence-corrected chi connectivity index (χ0v) is 18.9. The van der Waals surface area contributed by atoms with Gasteiger partial charge in [-0.3, -0.25) is 19.2 Å². The number of rotatable bonds is 14. The first-order valence-electron chi connectivity index (χ1n) is 10.1. The van der Waals surface area contributed by atoms with Crippen LogP contribution in [0.2, 0.25) is 0 Å². The van der Waals surface area contributed by atoms with Gasteiger partial charge in [-0.2, -0.15) is 12.6 Å². The van der Waals surface area contributed by atoms with Gasteiger partial charge < -0.3 is 42.1 Å². The molecule has 0 aliphatic carbocycles. The maximum atomic E-state index is 12.9. The van der Waals surface area contributed by atoms with E-state index in [2.05, 4.69) is 28.6 Å². The van der Waals surface area contributed by atoms with E-state index >= 15 is 0 Å². The minimum absolute atomic E-state index is 0.0202. The molecule has 4 unspecified atom stereocenters. The van der Waals surface area contributed by atoms with Crippen LogP contribution in [0.4, 0.5) is 0 Å². The standard InChI is InChI=1S/C20H28N4O9S/c21-12(5-6-16(27)28)17(29)22-13(7-10-1-3-11(26)4-2-10)18(30)24-15(9-34)19(31)23-14(8-25)20(32)33/h1-4,12-15,25-26,34H,5-9,21H2,(H,22,29)(H,23,31)(H,24,30)(H,27,28)(H,32,33). The van der Waals surface area contributed by atoms with Crippen molar-refractivity contribution in [2.75, 3.05) is 12.4 Å². The zero-order chi connectivity index (χ0) is 25.8. The fourth-order valence-electron chi connectivity index (χ4n) is 2.69. The molecule has 1 aromatic rings. The second kappa shape index (κ2) is 14.0. The third kappa shape index (κ3) is 9.64. The van der Waals surface area contributed by atoms with Gasteiger partial charge in [0.1, 0.15) is 23.9 Å². The van der Waals surface area contributed by atoms with Crippen LogP contribution in [0, 0.1) is 0 Å². The van der Waals surface area contributed by atoms with E-state index in [4.69, 9.17) is 21.1 Å². The molecule has 14 heteroatoms. The molecule has 0 aromatic heterocycles.